The molecule has 3 rings (SSSR count). The zero-order chi connectivity index (χ0) is 20.8. The predicted octanol–water partition coefficient (Wildman–Crippen LogP) is 4.79. The molecule has 29 heavy (non-hydrogen) atoms. The lowest BCUT2D eigenvalue weighted by Crippen LogP contribution is -2.39. The van der Waals surface area contributed by atoms with Crippen LogP contribution in [0.25, 0.3) is 0 Å². The molecule has 1 aliphatic heterocycles. The minimum absolute atomic E-state index is 0.0177. The Hall–Kier alpha value is -2.62. The summed E-state index contributed by atoms with van der Waals surface area (Å²) in [6, 6.07) is 15.7. The lowest BCUT2D eigenvalue weighted by molar-refractivity contribution is 0.0706. The molecule has 0 aliphatic carbocycles. The number of carbonyl (C=O) groups excluding carboxylic acids is 2. The van der Waals surface area contributed by atoms with Gasteiger partial charge in [-0.2, -0.15) is 0 Å². The van der Waals surface area contributed by atoms with Crippen LogP contribution in [-0.4, -0.2) is 36.3 Å². The van der Waals surface area contributed by atoms with Gasteiger partial charge in [-0.3, -0.25) is 9.59 Å². The molecule has 4 heteroatoms. The summed E-state index contributed by atoms with van der Waals surface area (Å²) in [7, 11) is 0. The highest BCUT2D eigenvalue weighted by Crippen LogP contribution is 2.28. The second-order valence-electron chi connectivity index (χ2n) is 8.52. The van der Waals surface area contributed by atoms with E-state index in [0.717, 1.165) is 42.5 Å². The van der Waals surface area contributed by atoms with Gasteiger partial charge in [-0.1, -0.05) is 43.7 Å². The van der Waals surface area contributed by atoms with Gasteiger partial charge in [0.25, 0.3) is 11.8 Å². The molecule has 1 fully saturated rings. The first-order chi connectivity index (χ1) is 13.9. The van der Waals surface area contributed by atoms with Crippen LogP contribution < -0.4 is 5.32 Å². The number of carbonyl (C=O) groups is 2. The van der Waals surface area contributed by atoms with Crippen molar-refractivity contribution in [3.8, 4) is 0 Å². The summed E-state index contributed by atoms with van der Waals surface area (Å²) in [6.45, 7) is 8.52. The van der Waals surface area contributed by atoms with Crippen molar-refractivity contribution in [2.45, 2.75) is 46.0 Å². The summed E-state index contributed by atoms with van der Waals surface area (Å²) in [5.74, 6) is 0.913. The van der Waals surface area contributed by atoms with Crippen LogP contribution in [0.5, 0.6) is 0 Å². The molecule has 154 valence electrons. The molecular formula is C25H32N2O2. The van der Waals surface area contributed by atoms with Crippen LogP contribution in [0.3, 0.4) is 0 Å². The zero-order valence-electron chi connectivity index (χ0n) is 17.8. The minimum Gasteiger partial charge on any atom is -0.352 e. The van der Waals surface area contributed by atoms with Crippen LogP contribution in [0.15, 0.2) is 48.5 Å². The van der Waals surface area contributed by atoms with Gasteiger partial charge in [0, 0.05) is 36.7 Å². The van der Waals surface area contributed by atoms with Gasteiger partial charge in [-0.15, -0.1) is 0 Å². The molecule has 1 atom stereocenters. The van der Waals surface area contributed by atoms with Crippen LogP contribution >= 0.6 is 0 Å². The van der Waals surface area contributed by atoms with E-state index in [2.05, 4.69) is 25.2 Å². The zero-order valence-corrected chi connectivity index (χ0v) is 17.8. The Morgan fingerprint density at radius 3 is 2.59 bits per heavy atom. The molecule has 0 bridgehead atoms. The fourth-order valence-electron chi connectivity index (χ4n) is 3.82. The number of piperidine rings is 1. The smallest absolute Gasteiger partial charge is 0.253 e. The molecule has 0 aromatic heterocycles. The molecule has 1 N–H and O–H groups in total. The third kappa shape index (κ3) is 5.69. The van der Waals surface area contributed by atoms with Gasteiger partial charge in [0.05, 0.1) is 0 Å². The number of aryl methyl sites for hydroxylation is 1. The van der Waals surface area contributed by atoms with E-state index in [1.165, 1.54) is 0 Å². The van der Waals surface area contributed by atoms with Crippen molar-refractivity contribution >= 4 is 11.8 Å². The lowest BCUT2D eigenvalue weighted by Gasteiger charge is -2.33. The van der Waals surface area contributed by atoms with Gasteiger partial charge in [-0.05, 0) is 61.9 Å². The molecule has 1 saturated heterocycles. The van der Waals surface area contributed by atoms with Crippen molar-refractivity contribution in [1.82, 2.24) is 10.2 Å². The first kappa shape index (κ1) is 21.1. The molecule has 0 spiro atoms. The average Bonchev–Trinajstić information content (AvgIpc) is 2.73. The van der Waals surface area contributed by atoms with E-state index < -0.39 is 0 Å². The molecule has 0 saturated carbocycles. The van der Waals surface area contributed by atoms with Crippen molar-refractivity contribution in [3.63, 3.8) is 0 Å². The van der Waals surface area contributed by atoms with Crippen LogP contribution in [0.1, 0.15) is 70.9 Å². The van der Waals surface area contributed by atoms with E-state index in [1.54, 1.807) is 0 Å². The fourth-order valence-corrected chi connectivity index (χ4v) is 3.82. The summed E-state index contributed by atoms with van der Waals surface area (Å²) >= 11 is 0. The van der Waals surface area contributed by atoms with Crippen molar-refractivity contribution in [2.24, 2.45) is 5.92 Å². The SMILES string of the molecule is Cc1ccc(C(=O)N2CCCC(c3cccc(C(=O)NCCC(C)C)c3)C2)cc1. The molecule has 1 unspecified atom stereocenters. The number of amides is 2. The van der Waals surface area contributed by atoms with E-state index in [0.29, 0.717) is 24.6 Å². The van der Waals surface area contributed by atoms with Gasteiger partial charge in [-0.25, -0.2) is 0 Å². The van der Waals surface area contributed by atoms with Crippen LogP contribution in [0, 0.1) is 12.8 Å². The third-order valence-corrected chi connectivity index (χ3v) is 5.63. The number of hydrogen-bond donors (Lipinski definition) is 1. The number of likely N-dealkylation sites (tertiary alicyclic amines) is 1. The molecular weight excluding hydrogens is 360 g/mol. The summed E-state index contributed by atoms with van der Waals surface area (Å²) in [4.78, 5) is 27.3. The van der Waals surface area contributed by atoms with E-state index in [-0.39, 0.29) is 17.7 Å². The number of rotatable bonds is 6. The molecule has 4 nitrogen and oxygen atoms in total. The standard InChI is InChI=1S/C25H32N2O2/c1-18(2)13-14-26-24(28)22-7-4-6-21(16-22)23-8-5-15-27(17-23)25(29)20-11-9-19(3)10-12-20/h4,6-7,9-12,16,18,23H,5,8,13-15,17H2,1-3H3,(H,26,28). The molecule has 1 heterocycles. The van der Waals surface area contributed by atoms with E-state index in [9.17, 15) is 9.59 Å². The second kappa shape index (κ2) is 9.73. The molecule has 1 aliphatic rings. The highest BCUT2D eigenvalue weighted by Gasteiger charge is 2.26. The minimum atomic E-state index is -0.0177. The van der Waals surface area contributed by atoms with Gasteiger partial charge in [0.15, 0.2) is 0 Å². The van der Waals surface area contributed by atoms with E-state index in [4.69, 9.17) is 0 Å². The van der Waals surface area contributed by atoms with Crippen molar-refractivity contribution in [3.05, 3.63) is 70.8 Å². The second-order valence-corrected chi connectivity index (χ2v) is 8.52. The Kier molecular flexibility index (Phi) is 7.08. The quantitative estimate of drug-likeness (QED) is 0.768. The van der Waals surface area contributed by atoms with Crippen LogP contribution in [-0.2, 0) is 0 Å². The van der Waals surface area contributed by atoms with Gasteiger partial charge < -0.3 is 10.2 Å². The average molecular weight is 393 g/mol. The fraction of sp³-hybridized carbons (Fsp3) is 0.440. The van der Waals surface area contributed by atoms with Crippen LogP contribution in [0.2, 0.25) is 0 Å². The van der Waals surface area contributed by atoms with E-state index >= 15 is 0 Å². The summed E-state index contributed by atoms with van der Waals surface area (Å²) in [5, 5.41) is 3.01. The van der Waals surface area contributed by atoms with Gasteiger partial charge in [0.2, 0.25) is 0 Å². The maximum absolute atomic E-state index is 12.9. The Morgan fingerprint density at radius 2 is 1.86 bits per heavy atom. The largest absolute Gasteiger partial charge is 0.352 e. The predicted molar refractivity (Wildman–Crippen MR) is 117 cm³/mol. The van der Waals surface area contributed by atoms with E-state index in [1.807, 2.05) is 54.3 Å². The number of nitrogens with zero attached hydrogens (tertiary/aromatic N) is 1. The Labute approximate surface area is 174 Å². The highest BCUT2D eigenvalue weighted by molar-refractivity contribution is 5.95. The monoisotopic (exact) mass is 392 g/mol. The molecule has 2 aromatic carbocycles. The highest BCUT2D eigenvalue weighted by atomic mass is 16.2. The van der Waals surface area contributed by atoms with Crippen molar-refractivity contribution in [1.29, 1.82) is 0 Å². The first-order valence-corrected chi connectivity index (χ1v) is 10.7. The first-order valence-electron chi connectivity index (χ1n) is 10.7. The maximum atomic E-state index is 12.9. The number of nitrogens with one attached hydrogen (secondary N) is 1. The Balaban J connectivity index is 1.66. The molecule has 2 amide bonds. The third-order valence-electron chi connectivity index (χ3n) is 5.63. The number of benzene rings is 2. The van der Waals surface area contributed by atoms with Gasteiger partial charge >= 0.3 is 0 Å². The maximum Gasteiger partial charge on any atom is 0.253 e. The van der Waals surface area contributed by atoms with Crippen molar-refractivity contribution < 1.29 is 9.59 Å². The summed E-state index contributed by atoms with van der Waals surface area (Å²) < 4.78 is 0. The Bertz CT molecular complexity index is 842. The summed E-state index contributed by atoms with van der Waals surface area (Å²) in [5.41, 5.74) is 3.74. The Morgan fingerprint density at radius 1 is 1.10 bits per heavy atom. The molecule has 0 radical (unpaired) electrons. The normalized spacial score (nSPS) is 16.7. The van der Waals surface area contributed by atoms with Gasteiger partial charge in [0.1, 0.15) is 0 Å². The topological polar surface area (TPSA) is 49.4 Å². The summed E-state index contributed by atoms with van der Waals surface area (Å²) in [6.07, 6.45) is 2.99. The van der Waals surface area contributed by atoms with Crippen LogP contribution in [0.4, 0.5) is 0 Å². The number of hydrogen-bond acceptors (Lipinski definition) is 2. The molecule has 2 aromatic rings. The van der Waals surface area contributed by atoms with Crippen molar-refractivity contribution in [2.75, 3.05) is 19.6 Å². The lowest BCUT2D eigenvalue weighted by atomic mass is 9.89.